The third-order valence-corrected chi connectivity index (χ3v) is 4.59. The van der Waals surface area contributed by atoms with Crippen LogP contribution in [0.25, 0.3) is 22.6 Å². The van der Waals surface area contributed by atoms with Crippen molar-refractivity contribution in [3.63, 3.8) is 0 Å². The molecular weight excluding hydrogens is 304 g/mol. The summed E-state index contributed by atoms with van der Waals surface area (Å²) in [5.74, 6) is 1.47. The molecule has 8 heteroatoms. The van der Waals surface area contributed by atoms with Crippen LogP contribution in [0.5, 0.6) is 0 Å². The van der Waals surface area contributed by atoms with Crippen LogP contribution in [0, 0.1) is 0 Å². The molecule has 4 heterocycles. The van der Waals surface area contributed by atoms with Gasteiger partial charge in [-0.15, -0.1) is 0 Å². The molecular formula is C16H22N8. The lowest BCUT2D eigenvalue weighted by molar-refractivity contribution is 0.215. The first-order chi connectivity index (χ1) is 11.6. The standard InChI is InChI=1S/C16H22N8/c1-22(2)16-17-8-11(9-18-16)14-20-13-10-19-24(15(13)21-14)12-4-6-23(3)7-5-12/h8-10,12H,4-7H2,1-3H3,(H,20,21). The molecule has 0 bridgehead atoms. The fourth-order valence-corrected chi connectivity index (χ4v) is 3.13. The number of H-pyrrole nitrogens is 1. The highest BCUT2D eigenvalue weighted by atomic mass is 15.3. The zero-order chi connectivity index (χ0) is 16.7. The van der Waals surface area contributed by atoms with Crippen molar-refractivity contribution in [2.75, 3.05) is 39.1 Å². The summed E-state index contributed by atoms with van der Waals surface area (Å²) in [5.41, 5.74) is 2.75. The monoisotopic (exact) mass is 326 g/mol. The van der Waals surface area contributed by atoms with Crippen molar-refractivity contribution in [1.82, 2.24) is 34.6 Å². The lowest BCUT2D eigenvalue weighted by Gasteiger charge is -2.28. The van der Waals surface area contributed by atoms with Crippen molar-refractivity contribution >= 4 is 17.1 Å². The van der Waals surface area contributed by atoms with Crippen molar-refractivity contribution in [3.05, 3.63) is 18.6 Å². The van der Waals surface area contributed by atoms with E-state index in [9.17, 15) is 0 Å². The first kappa shape index (κ1) is 15.1. The molecule has 1 fully saturated rings. The average molecular weight is 326 g/mol. The molecule has 0 amide bonds. The SMILES string of the molecule is CN1CCC(n2ncc3[nH]c(-c4cnc(N(C)C)nc4)nc32)CC1. The van der Waals surface area contributed by atoms with Crippen LogP contribution in [0.4, 0.5) is 5.95 Å². The smallest absolute Gasteiger partial charge is 0.224 e. The Kier molecular flexibility index (Phi) is 3.68. The molecule has 0 spiro atoms. The lowest BCUT2D eigenvalue weighted by Crippen LogP contribution is -2.31. The van der Waals surface area contributed by atoms with Crippen LogP contribution >= 0.6 is 0 Å². The van der Waals surface area contributed by atoms with E-state index < -0.39 is 0 Å². The number of aromatic amines is 1. The molecule has 1 N–H and O–H groups in total. The van der Waals surface area contributed by atoms with Gasteiger partial charge in [-0.05, 0) is 33.0 Å². The number of likely N-dealkylation sites (tertiary alicyclic amines) is 1. The summed E-state index contributed by atoms with van der Waals surface area (Å²) in [5, 5.41) is 4.54. The van der Waals surface area contributed by atoms with E-state index in [0.717, 1.165) is 48.5 Å². The van der Waals surface area contributed by atoms with Crippen molar-refractivity contribution in [3.8, 4) is 11.4 Å². The number of anilines is 1. The highest BCUT2D eigenvalue weighted by Crippen LogP contribution is 2.26. The number of fused-ring (bicyclic) bond motifs is 1. The van der Waals surface area contributed by atoms with Crippen molar-refractivity contribution in [1.29, 1.82) is 0 Å². The van der Waals surface area contributed by atoms with Gasteiger partial charge in [0.2, 0.25) is 5.95 Å². The topological polar surface area (TPSA) is 78.8 Å². The second kappa shape index (κ2) is 5.86. The summed E-state index contributed by atoms with van der Waals surface area (Å²) in [6, 6.07) is 0.419. The number of rotatable bonds is 3. The molecule has 4 rings (SSSR count). The molecule has 0 saturated carbocycles. The Labute approximate surface area is 140 Å². The third-order valence-electron chi connectivity index (χ3n) is 4.59. The van der Waals surface area contributed by atoms with Gasteiger partial charge >= 0.3 is 0 Å². The first-order valence-electron chi connectivity index (χ1n) is 8.23. The van der Waals surface area contributed by atoms with E-state index in [4.69, 9.17) is 4.98 Å². The van der Waals surface area contributed by atoms with Gasteiger partial charge in [0, 0.05) is 26.5 Å². The molecule has 3 aromatic rings. The molecule has 1 saturated heterocycles. The zero-order valence-corrected chi connectivity index (χ0v) is 14.3. The van der Waals surface area contributed by atoms with Gasteiger partial charge in [0.1, 0.15) is 11.3 Å². The van der Waals surface area contributed by atoms with Gasteiger partial charge in [-0.1, -0.05) is 0 Å². The molecule has 24 heavy (non-hydrogen) atoms. The molecule has 0 radical (unpaired) electrons. The number of hydrogen-bond acceptors (Lipinski definition) is 6. The van der Waals surface area contributed by atoms with E-state index in [1.54, 1.807) is 12.4 Å². The molecule has 1 aliphatic rings. The number of aromatic nitrogens is 6. The van der Waals surface area contributed by atoms with E-state index >= 15 is 0 Å². The zero-order valence-electron chi connectivity index (χ0n) is 14.3. The Morgan fingerprint density at radius 1 is 1.12 bits per heavy atom. The maximum Gasteiger partial charge on any atom is 0.224 e. The molecule has 0 aromatic carbocycles. The second-order valence-corrected chi connectivity index (χ2v) is 6.61. The molecule has 0 aliphatic carbocycles. The van der Waals surface area contributed by atoms with Crippen LogP contribution < -0.4 is 4.90 Å². The fraction of sp³-hybridized carbons (Fsp3) is 0.500. The number of nitrogens with zero attached hydrogens (tertiary/aromatic N) is 7. The largest absolute Gasteiger partial charge is 0.347 e. The normalized spacial score (nSPS) is 16.8. The van der Waals surface area contributed by atoms with Gasteiger partial charge in [0.05, 0.1) is 17.8 Å². The van der Waals surface area contributed by atoms with Crippen molar-refractivity contribution in [2.24, 2.45) is 0 Å². The lowest BCUT2D eigenvalue weighted by atomic mass is 10.1. The van der Waals surface area contributed by atoms with Crippen LogP contribution in [-0.4, -0.2) is 68.8 Å². The quantitative estimate of drug-likeness (QED) is 0.787. The highest BCUT2D eigenvalue weighted by molar-refractivity contribution is 5.75. The molecule has 8 nitrogen and oxygen atoms in total. The van der Waals surface area contributed by atoms with E-state index in [1.807, 2.05) is 25.2 Å². The summed E-state index contributed by atoms with van der Waals surface area (Å²) in [6.45, 7) is 2.20. The maximum atomic E-state index is 4.75. The van der Waals surface area contributed by atoms with Crippen LogP contribution in [0.1, 0.15) is 18.9 Å². The molecule has 0 atom stereocenters. The van der Waals surface area contributed by atoms with Gasteiger partial charge in [-0.3, -0.25) is 0 Å². The van der Waals surface area contributed by atoms with Gasteiger partial charge in [0.25, 0.3) is 0 Å². The Morgan fingerprint density at radius 2 is 1.83 bits per heavy atom. The minimum atomic E-state index is 0.419. The van der Waals surface area contributed by atoms with Gasteiger partial charge in [0.15, 0.2) is 5.65 Å². The molecule has 126 valence electrons. The summed E-state index contributed by atoms with van der Waals surface area (Å²) in [4.78, 5) is 21.0. The summed E-state index contributed by atoms with van der Waals surface area (Å²) < 4.78 is 2.07. The Hall–Kier alpha value is -2.48. The predicted molar refractivity (Wildman–Crippen MR) is 93.0 cm³/mol. The second-order valence-electron chi connectivity index (χ2n) is 6.61. The number of imidazole rings is 1. The average Bonchev–Trinajstić information content (AvgIpc) is 3.16. The number of hydrogen-bond donors (Lipinski definition) is 1. The van der Waals surface area contributed by atoms with Crippen LogP contribution in [0.3, 0.4) is 0 Å². The highest BCUT2D eigenvalue weighted by Gasteiger charge is 2.22. The minimum Gasteiger partial charge on any atom is -0.347 e. The molecule has 1 aliphatic heterocycles. The Morgan fingerprint density at radius 3 is 2.50 bits per heavy atom. The first-order valence-corrected chi connectivity index (χ1v) is 8.23. The number of piperidine rings is 1. The summed E-state index contributed by atoms with van der Waals surface area (Å²) >= 11 is 0. The minimum absolute atomic E-state index is 0.419. The van der Waals surface area contributed by atoms with E-state index in [0.29, 0.717) is 12.0 Å². The Balaban J connectivity index is 1.64. The molecule has 3 aromatic heterocycles. The van der Waals surface area contributed by atoms with E-state index in [2.05, 4.69) is 36.7 Å². The number of nitrogens with one attached hydrogen (secondary N) is 1. The van der Waals surface area contributed by atoms with E-state index in [1.165, 1.54) is 0 Å². The fourth-order valence-electron chi connectivity index (χ4n) is 3.13. The van der Waals surface area contributed by atoms with Gasteiger partial charge in [-0.2, -0.15) is 5.10 Å². The van der Waals surface area contributed by atoms with Gasteiger partial charge in [-0.25, -0.2) is 19.6 Å². The summed E-state index contributed by atoms with van der Waals surface area (Å²) in [7, 11) is 6.01. The van der Waals surface area contributed by atoms with Crippen LogP contribution in [0.2, 0.25) is 0 Å². The van der Waals surface area contributed by atoms with E-state index in [-0.39, 0.29) is 0 Å². The van der Waals surface area contributed by atoms with Crippen molar-refractivity contribution in [2.45, 2.75) is 18.9 Å². The molecule has 0 unspecified atom stereocenters. The van der Waals surface area contributed by atoms with Crippen LogP contribution in [-0.2, 0) is 0 Å². The summed E-state index contributed by atoms with van der Waals surface area (Å²) in [6.07, 6.45) is 7.67. The van der Waals surface area contributed by atoms with Crippen molar-refractivity contribution < 1.29 is 0 Å². The maximum absolute atomic E-state index is 4.75. The van der Waals surface area contributed by atoms with Gasteiger partial charge < -0.3 is 14.8 Å². The Bertz CT molecular complexity index is 824. The predicted octanol–water partition coefficient (Wildman–Crippen LogP) is 1.55. The van der Waals surface area contributed by atoms with Crippen LogP contribution in [0.15, 0.2) is 18.6 Å². The third kappa shape index (κ3) is 2.62.